The molecule has 2 rings (SSSR count). The van der Waals surface area contributed by atoms with Gasteiger partial charge in [0.1, 0.15) is 5.75 Å². The number of carbonyl (C=O) groups is 1. The molecule has 0 saturated carbocycles. The maximum absolute atomic E-state index is 11.1. The van der Waals surface area contributed by atoms with Gasteiger partial charge in [0.15, 0.2) is 0 Å². The third-order valence-electron chi connectivity index (χ3n) is 3.29. The monoisotopic (exact) mass is 234 g/mol. The van der Waals surface area contributed by atoms with E-state index in [2.05, 4.69) is 19.9 Å². The van der Waals surface area contributed by atoms with Crippen LogP contribution >= 0.6 is 0 Å². The van der Waals surface area contributed by atoms with Crippen LogP contribution in [0.2, 0.25) is 0 Å². The van der Waals surface area contributed by atoms with Crippen LogP contribution in [0.5, 0.6) is 5.75 Å². The number of carbonyl (C=O) groups excluding carboxylic acids is 1. The molecule has 0 N–H and O–H groups in total. The van der Waals surface area contributed by atoms with Gasteiger partial charge in [0.2, 0.25) is 0 Å². The Morgan fingerprint density at radius 1 is 1.35 bits per heavy atom. The van der Waals surface area contributed by atoms with Gasteiger partial charge < -0.3 is 9.47 Å². The molecule has 1 heterocycles. The first-order chi connectivity index (χ1) is 7.82. The largest absolute Gasteiger partial charge is 0.452 e. The van der Waals surface area contributed by atoms with Crippen LogP contribution in [-0.4, -0.2) is 11.8 Å². The second-order valence-corrected chi connectivity index (χ2v) is 4.95. The Bertz CT molecular complexity index is 491. The van der Waals surface area contributed by atoms with Crippen molar-refractivity contribution in [2.24, 2.45) is 0 Å². The van der Waals surface area contributed by atoms with E-state index in [1.54, 1.807) is 0 Å². The molecule has 1 aliphatic rings. The van der Waals surface area contributed by atoms with Gasteiger partial charge in [-0.1, -0.05) is 6.07 Å². The van der Waals surface area contributed by atoms with Crippen LogP contribution in [0.4, 0.5) is 0 Å². The van der Waals surface area contributed by atoms with Gasteiger partial charge in [-0.25, -0.2) is 0 Å². The maximum atomic E-state index is 11.1. The van der Waals surface area contributed by atoms with Gasteiger partial charge >= 0.3 is 5.97 Å². The van der Waals surface area contributed by atoms with E-state index in [9.17, 15) is 4.79 Å². The molecule has 0 fully saturated rings. The number of hydrogen-bond donors (Lipinski definition) is 0. The van der Waals surface area contributed by atoms with E-state index in [4.69, 9.17) is 9.47 Å². The Labute approximate surface area is 102 Å². The molecule has 3 nitrogen and oxygen atoms in total. The average molecular weight is 234 g/mol. The zero-order valence-corrected chi connectivity index (χ0v) is 11.0. The summed E-state index contributed by atoms with van der Waals surface area (Å²) in [6.07, 6.45) is 0.620. The number of rotatable bonds is 1. The smallest absolute Gasteiger partial charge is 0.305 e. The summed E-state index contributed by atoms with van der Waals surface area (Å²) in [6.45, 7) is 9.37. The molecule has 92 valence electrons. The molecule has 0 saturated heterocycles. The minimum atomic E-state index is -0.850. The van der Waals surface area contributed by atoms with Crippen molar-refractivity contribution in [1.29, 1.82) is 0 Å². The Balaban J connectivity index is 2.42. The third kappa shape index (κ3) is 2.02. The van der Waals surface area contributed by atoms with Crippen LogP contribution < -0.4 is 4.74 Å². The minimum Gasteiger partial charge on any atom is -0.452 e. The first kappa shape index (κ1) is 12.0. The fourth-order valence-electron chi connectivity index (χ4n) is 2.40. The fourth-order valence-corrected chi connectivity index (χ4v) is 2.40. The van der Waals surface area contributed by atoms with E-state index in [0.717, 1.165) is 16.9 Å². The highest BCUT2D eigenvalue weighted by atomic mass is 16.7. The molecule has 1 aromatic carbocycles. The van der Waals surface area contributed by atoms with E-state index in [1.165, 1.54) is 18.1 Å². The lowest BCUT2D eigenvalue weighted by molar-refractivity contribution is -0.183. The summed E-state index contributed by atoms with van der Waals surface area (Å²) in [5, 5.41) is 0. The highest BCUT2D eigenvalue weighted by Crippen LogP contribution is 2.41. The zero-order valence-electron chi connectivity index (χ0n) is 11.0. The second-order valence-electron chi connectivity index (χ2n) is 4.95. The summed E-state index contributed by atoms with van der Waals surface area (Å²) in [7, 11) is 0. The number of aryl methyl sites for hydroxylation is 2. The lowest BCUT2D eigenvalue weighted by Gasteiger charge is -2.23. The lowest BCUT2D eigenvalue weighted by atomic mass is 9.97. The molecule has 0 amide bonds. The Hall–Kier alpha value is -1.51. The lowest BCUT2D eigenvalue weighted by Crippen LogP contribution is -2.35. The fraction of sp³-hybridized carbons (Fsp3) is 0.500. The molecule has 1 atom stereocenters. The molecule has 0 radical (unpaired) electrons. The Morgan fingerprint density at radius 2 is 2.00 bits per heavy atom. The van der Waals surface area contributed by atoms with Crippen molar-refractivity contribution in [3.05, 3.63) is 28.3 Å². The van der Waals surface area contributed by atoms with Gasteiger partial charge in [0, 0.05) is 19.4 Å². The van der Waals surface area contributed by atoms with Crippen molar-refractivity contribution < 1.29 is 14.3 Å². The van der Waals surface area contributed by atoms with Crippen molar-refractivity contribution in [2.45, 2.75) is 46.8 Å². The van der Waals surface area contributed by atoms with E-state index < -0.39 is 5.79 Å². The predicted octanol–water partition coefficient (Wildman–Crippen LogP) is 2.83. The summed E-state index contributed by atoms with van der Waals surface area (Å²) in [5.41, 5.74) is 4.67. The van der Waals surface area contributed by atoms with Crippen molar-refractivity contribution in [3.63, 3.8) is 0 Å². The highest BCUT2D eigenvalue weighted by Gasteiger charge is 2.39. The second kappa shape index (κ2) is 3.76. The topological polar surface area (TPSA) is 35.5 Å². The first-order valence-electron chi connectivity index (χ1n) is 5.81. The maximum Gasteiger partial charge on any atom is 0.305 e. The minimum absolute atomic E-state index is 0.313. The predicted molar refractivity (Wildman–Crippen MR) is 65.2 cm³/mol. The van der Waals surface area contributed by atoms with E-state index in [-0.39, 0.29) is 5.97 Å². The molecule has 3 heteroatoms. The number of fused-ring (bicyclic) bond motifs is 1. The average Bonchev–Trinajstić information content (AvgIpc) is 2.52. The molecule has 1 unspecified atom stereocenters. The van der Waals surface area contributed by atoms with Crippen molar-refractivity contribution in [2.75, 3.05) is 0 Å². The number of ether oxygens (including phenoxy) is 2. The summed E-state index contributed by atoms with van der Waals surface area (Å²) in [6, 6.07) is 2.15. The standard InChI is InChI=1S/C14H18O3/c1-8-6-9(2)12-7-14(5,16-11(4)15)17-13(12)10(8)3/h6H,7H2,1-5H3. The first-order valence-corrected chi connectivity index (χ1v) is 5.81. The van der Waals surface area contributed by atoms with Gasteiger partial charge in [-0.15, -0.1) is 0 Å². The van der Waals surface area contributed by atoms with Crippen LogP contribution in [0.1, 0.15) is 36.1 Å². The van der Waals surface area contributed by atoms with Crippen molar-refractivity contribution >= 4 is 5.97 Å². The summed E-state index contributed by atoms with van der Waals surface area (Å²) in [4.78, 5) is 11.1. The van der Waals surface area contributed by atoms with Gasteiger partial charge in [-0.2, -0.15) is 0 Å². The highest BCUT2D eigenvalue weighted by molar-refractivity contribution is 5.67. The van der Waals surface area contributed by atoms with Crippen molar-refractivity contribution in [3.8, 4) is 5.75 Å². The normalized spacial score (nSPS) is 21.9. The molecule has 0 bridgehead atoms. The molecular formula is C14H18O3. The Kier molecular flexibility index (Phi) is 2.64. The summed E-state index contributed by atoms with van der Waals surface area (Å²) in [5.74, 6) is -0.282. The third-order valence-corrected chi connectivity index (χ3v) is 3.29. The zero-order chi connectivity index (χ0) is 12.8. The van der Waals surface area contributed by atoms with Crippen LogP contribution in [0.15, 0.2) is 6.07 Å². The molecule has 0 aliphatic carbocycles. The molecule has 0 aromatic heterocycles. The van der Waals surface area contributed by atoms with Crippen molar-refractivity contribution in [1.82, 2.24) is 0 Å². The Morgan fingerprint density at radius 3 is 2.59 bits per heavy atom. The molecule has 1 aliphatic heterocycles. The number of hydrogen-bond acceptors (Lipinski definition) is 3. The van der Waals surface area contributed by atoms with Crippen LogP contribution in [-0.2, 0) is 16.0 Å². The quantitative estimate of drug-likeness (QED) is 0.701. The van der Waals surface area contributed by atoms with Gasteiger partial charge in [-0.05, 0) is 37.5 Å². The SMILES string of the molecule is CC(=O)OC1(C)Cc2c(C)cc(C)c(C)c2O1. The molecule has 17 heavy (non-hydrogen) atoms. The van der Waals surface area contributed by atoms with Gasteiger partial charge in [0.05, 0.1) is 6.42 Å². The number of benzene rings is 1. The van der Waals surface area contributed by atoms with Crippen LogP contribution in [0.3, 0.4) is 0 Å². The van der Waals surface area contributed by atoms with E-state index >= 15 is 0 Å². The van der Waals surface area contributed by atoms with Gasteiger partial charge in [0.25, 0.3) is 5.79 Å². The summed E-state index contributed by atoms with van der Waals surface area (Å²) >= 11 is 0. The summed E-state index contributed by atoms with van der Waals surface area (Å²) < 4.78 is 11.1. The van der Waals surface area contributed by atoms with Crippen LogP contribution in [0, 0.1) is 20.8 Å². The molecule has 0 spiro atoms. The van der Waals surface area contributed by atoms with E-state index in [1.807, 2.05) is 13.8 Å². The van der Waals surface area contributed by atoms with Gasteiger partial charge in [-0.3, -0.25) is 4.79 Å². The van der Waals surface area contributed by atoms with Crippen LogP contribution in [0.25, 0.3) is 0 Å². The molecule has 1 aromatic rings. The number of esters is 1. The van der Waals surface area contributed by atoms with E-state index in [0.29, 0.717) is 6.42 Å². The molecular weight excluding hydrogens is 216 g/mol.